The summed E-state index contributed by atoms with van der Waals surface area (Å²) >= 11 is 0. The SMILES string of the molecule is CC(=O)O[C@@H]1[C@@H](OC(C)=O)[C@H](O[C@@H]2CC[C@]3(C=O)[C@@H]4CC[C@]5(C)[C@H](C6=CC(=O)OC6)CC[C@]5(O)[C@H]4CC[C@@]3(O)C2)O[C@@H](CO[C@@H]2O[C@H](C)[C@@H](O)[C@H](O)[C@@H]2O)[C@H]1OC(C)=O. The van der Waals surface area contributed by atoms with E-state index in [0.717, 1.165) is 32.6 Å². The summed E-state index contributed by atoms with van der Waals surface area (Å²) in [6, 6.07) is 0. The molecule has 2 saturated heterocycles. The molecule has 0 spiro atoms. The highest BCUT2D eigenvalue weighted by Crippen LogP contribution is 2.70. The van der Waals surface area contributed by atoms with Crippen LogP contribution >= 0.6 is 0 Å². The fourth-order valence-corrected chi connectivity index (χ4v) is 12.1. The van der Waals surface area contributed by atoms with Crippen molar-refractivity contribution in [1.29, 1.82) is 0 Å². The molecule has 0 aromatic rings. The molecule has 18 nitrogen and oxygen atoms in total. The highest BCUT2D eigenvalue weighted by atomic mass is 16.8. The van der Waals surface area contributed by atoms with Gasteiger partial charge < -0.3 is 68.2 Å². The topological polar surface area (TPSA) is 260 Å². The molecule has 5 N–H and O–H groups in total. The van der Waals surface area contributed by atoms with Gasteiger partial charge in [-0.2, -0.15) is 0 Å². The number of carbonyl (C=O) groups is 5. The first-order valence-corrected chi connectivity index (χ1v) is 20.7. The van der Waals surface area contributed by atoms with Gasteiger partial charge in [0.05, 0.1) is 35.4 Å². The predicted octanol–water partition coefficient (Wildman–Crippen LogP) is 0.287. The van der Waals surface area contributed by atoms with E-state index in [1.165, 1.54) is 13.0 Å². The van der Waals surface area contributed by atoms with Crippen molar-refractivity contribution in [2.24, 2.45) is 28.6 Å². The van der Waals surface area contributed by atoms with Crippen molar-refractivity contribution in [3.63, 3.8) is 0 Å². The number of aliphatic hydroxyl groups is 5. The third kappa shape index (κ3) is 7.53. The summed E-state index contributed by atoms with van der Waals surface area (Å²) in [5, 5.41) is 56.3. The number of cyclic esters (lactones) is 1. The Morgan fingerprint density at radius 2 is 1.47 bits per heavy atom. The standard InChI is InChI=1S/C41H58O18/c1-19-30(47)31(48)32(49)36(54-19)53-17-28-33(55-20(2)43)34(56-21(3)44)35(57-22(4)45)37(59-28)58-24-6-11-39(18-42)26-7-10-38(5)25(23-14-29(46)52-16-23)9-13-41(38,51)27(26)8-12-40(39,50)15-24/h14,18-19,24-28,30-37,47-51H,6-13,15-17H2,1-5H3/t19-,24-,25+,26-,27+,28+,30-,31+,32+,33-,34+,35-,36-,37-,38-,39+,40-,41+/m1/s1. The fraction of sp³-hybridized carbons (Fsp3) is 0.829. The van der Waals surface area contributed by atoms with Gasteiger partial charge in [-0.3, -0.25) is 14.4 Å². The van der Waals surface area contributed by atoms with Crippen LogP contribution in [0.25, 0.3) is 0 Å². The summed E-state index contributed by atoms with van der Waals surface area (Å²) in [4.78, 5) is 62.8. The molecule has 0 unspecified atom stereocenters. The van der Waals surface area contributed by atoms with E-state index in [2.05, 4.69) is 6.92 Å². The van der Waals surface area contributed by atoms with E-state index >= 15 is 0 Å². The predicted molar refractivity (Wildman–Crippen MR) is 196 cm³/mol. The first-order valence-electron chi connectivity index (χ1n) is 20.7. The maximum absolute atomic E-state index is 13.4. The normalized spacial score (nSPS) is 48.0. The van der Waals surface area contributed by atoms with Crippen LogP contribution in [-0.2, 0) is 61.9 Å². The Balaban J connectivity index is 1.13. The zero-order valence-corrected chi connectivity index (χ0v) is 34.1. The third-order valence-corrected chi connectivity index (χ3v) is 14.9. The van der Waals surface area contributed by atoms with Crippen LogP contribution in [0.3, 0.4) is 0 Å². The van der Waals surface area contributed by atoms with E-state index in [-0.39, 0.29) is 56.0 Å². The van der Waals surface area contributed by atoms with Gasteiger partial charge in [0.1, 0.15) is 37.3 Å². The first kappa shape index (κ1) is 44.0. The molecule has 6 fully saturated rings. The quantitative estimate of drug-likeness (QED) is 0.0857. The summed E-state index contributed by atoms with van der Waals surface area (Å²) in [6.45, 7) is 6.57. The molecule has 7 rings (SSSR count). The summed E-state index contributed by atoms with van der Waals surface area (Å²) in [5.74, 6) is -3.49. The number of ether oxygens (including phenoxy) is 8. The van der Waals surface area contributed by atoms with Crippen LogP contribution in [0, 0.1) is 28.6 Å². The molecule has 3 heterocycles. The molecular weight excluding hydrogens is 780 g/mol. The summed E-state index contributed by atoms with van der Waals surface area (Å²) < 4.78 is 46.2. The van der Waals surface area contributed by atoms with E-state index in [0.29, 0.717) is 32.1 Å². The lowest BCUT2D eigenvalue weighted by atomic mass is 9.41. The van der Waals surface area contributed by atoms with Gasteiger partial charge in [0.15, 0.2) is 30.9 Å². The molecule has 7 aliphatic rings. The molecule has 0 amide bonds. The Morgan fingerprint density at radius 3 is 2.12 bits per heavy atom. The van der Waals surface area contributed by atoms with E-state index in [1.54, 1.807) is 0 Å². The highest BCUT2D eigenvalue weighted by molar-refractivity contribution is 5.85. The van der Waals surface area contributed by atoms with Crippen molar-refractivity contribution in [2.45, 2.75) is 171 Å². The zero-order valence-electron chi connectivity index (χ0n) is 34.1. The molecule has 0 radical (unpaired) electrons. The maximum Gasteiger partial charge on any atom is 0.331 e. The smallest absolute Gasteiger partial charge is 0.331 e. The van der Waals surface area contributed by atoms with Gasteiger partial charge in [-0.15, -0.1) is 0 Å². The Bertz CT molecular complexity index is 1690. The van der Waals surface area contributed by atoms with E-state index in [4.69, 9.17) is 37.9 Å². The van der Waals surface area contributed by atoms with Gasteiger partial charge in [-0.25, -0.2) is 4.79 Å². The van der Waals surface area contributed by atoms with Crippen molar-refractivity contribution < 1.29 is 87.4 Å². The number of fused-ring (bicyclic) bond motifs is 5. The van der Waals surface area contributed by atoms with Gasteiger partial charge in [0, 0.05) is 38.7 Å². The van der Waals surface area contributed by atoms with Crippen molar-refractivity contribution >= 4 is 30.2 Å². The van der Waals surface area contributed by atoms with E-state index in [9.17, 15) is 49.5 Å². The van der Waals surface area contributed by atoms with Crippen molar-refractivity contribution in [3.05, 3.63) is 11.6 Å². The minimum atomic E-state index is -1.68. The van der Waals surface area contributed by atoms with Crippen LogP contribution in [-0.4, -0.2) is 148 Å². The largest absolute Gasteiger partial charge is 0.458 e. The Labute approximate surface area is 341 Å². The molecule has 0 aromatic carbocycles. The zero-order chi connectivity index (χ0) is 42.8. The molecule has 18 heteroatoms. The van der Waals surface area contributed by atoms with Gasteiger partial charge >= 0.3 is 23.9 Å². The number of hydrogen-bond donors (Lipinski definition) is 5. The van der Waals surface area contributed by atoms with Crippen LogP contribution in [0.1, 0.15) is 92.4 Å². The van der Waals surface area contributed by atoms with Crippen LogP contribution in [0.5, 0.6) is 0 Å². The second kappa shape index (κ2) is 16.3. The second-order valence-electron chi connectivity index (χ2n) is 18.0. The van der Waals surface area contributed by atoms with Crippen LogP contribution in [0.15, 0.2) is 11.6 Å². The number of aliphatic hydroxyl groups excluding tert-OH is 3. The van der Waals surface area contributed by atoms with Crippen molar-refractivity contribution in [3.8, 4) is 0 Å². The summed E-state index contributed by atoms with van der Waals surface area (Å²) in [6.07, 6.45) is -9.40. The summed E-state index contributed by atoms with van der Waals surface area (Å²) in [7, 11) is 0. The van der Waals surface area contributed by atoms with Gasteiger partial charge in [0.25, 0.3) is 0 Å². The van der Waals surface area contributed by atoms with Crippen LogP contribution < -0.4 is 0 Å². The van der Waals surface area contributed by atoms with Crippen molar-refractivity contribution in [2.75, 3.05) is 13.2 Å². The van der Waals surface area contributed by atoms with Crippen LogP contribution in [0.4, 0.5) is 0 Å². The van der Waals surface area contributed by atoms with Gasteiger partial charge in [-0.1, -0.05) is 6.92 Å². The molecule has 0 bridgehead atoms. The maximum atomic E-state index is 13.4. The highest BCUT2D eigenvalue weighted by Gasteiger charge is 2.72. The molecule has 4 saturated carbocycles. The lowest BCUT2D eigenvalue weighted by Gasteiger charge is -2.65. The molecule has 18 atom stereocenters. The average Bonchev–Trinajstić information content (AvgIpc) is 3.72. The average molecular weight is 839 g/mol. The van der Waals surface area contributed by atoms with E-state index in [1.807, 2.05) is 0 Å². The molecule has 3 aliphatic heterocycles. The Kier molecular flexibility index (Phi) is 12.2. The number of rotatable bonds is 10. The molecule has 4 aliphatic carbocycles. The van der Waals surface area contributed by atoms with Crippen LogP contribution in [0.2, 0.25) is 0 Å². The minimum Gasteiger partial charge on any atom is -0.458 e. The number of esters is 4. The Hall–Kier alpha value is -3.07. The monoisotopic (exact) mass is 838 g/mol. The molecular formula is C41H58O18. The van der Waals surface area contributed by atoms with Gasteiger partial charge in [-0.05, 0) is 81.6 Å². The lowest BCUT2D eigenvalue weighted by molar-refractivity contribution is -0.341. The number of hydrogen-bond acceptors (Lipinski definition) is 18. The Morgan fingerprint density at radius 1 is 0.814 bits per heavy atom. The van der Waals surface area contributed by atoms with E-state index < -0.39 is 114 Å². The molecule has 330 valence electrons. The fourth-order valence-electron chi connectivity index (χ4n) is 12.1. The van der Waals surface area contributed by atoms with Crippen molar-refractivity contribution in [1.82, 2.24) is 0 Å². The third-order valence-electron chi connectivity index (χ3n) is 14.9. The number of carbonyl (C=O) groups excluding carboxylic acids is 5. The number of aldehydes is 1. The molecule has 0 aromatic heterocycles. The van der Waals surface area contributed by atoms with Gasteiger partial charge in [0.2, 0.25) is 0 Å². The first-order chi connectivity index (χ1) is 27.8. The summed E-state index contributed by atoms with van der Waals surface area (Å²) in [5.41, 5.74) is -3.58. The minimum absolute atomic E-state index is 0.0285. The second-order valence-corrected chi connectivity index (χ2v) is 18.0. The lowest BCUT2D eigenvalue weighted by Crippen LogP contribution is -2.69. The molecule has 59 heavy (non-hydrogen) atoms.